The second-order valence-electron chi connectivity index (χ2n) is 6.35. The molecule has 1 aromatic rings. The molecule has 7 heteroatoms. The van der Waals surface area contributed by atoms with Crippen molar-refractivity contribution >= 4 is 15.9 Å². The minimum atomic E-state index is -3.47. The average Bonchev–Trinajstić information content (AvgIpc) is 2.83. The second kappa shape index (κ2) is 6.22. The summed E-state index contributed by atoms with van der Waals surface area (Å²) in [5.41, 5.74) is 7.99. The van der Waals surface area contributed by atoms with Gasteiger partial charge in [0, 0.05) is 39.1 Å². The molecule has 1 fully saturated rings. The molecular weight excluding hydrogens is 314 g/mol. The van der Waals surface area contributed by atoms with Crippen molar-refractivity contribution in [3.8, 4) is 0 Å². The maximum absolute atomic E-state index is 12.7. The van der Waals surface area contributed by atoms with E-state index in [4.69, 9.17) is 5.73 Å². The highest BCUT2D eigenvalue weighted by molar-refractivity contribution is 7.89. The lowest BCUT2D eigenvalue weighted by molar-refractivity contribution is -0.128. The lowest BCUT2D eigenvalue weighted by atomic mass is 10.0. The molecular formula is C16H23N3O3S. The third kappa shape index (κ3) is 3.27. The Morgan fingerprint density at radius 2 is 1.87 bits per heavy atom. The van der Waals surface area contributed by atoms with Crippen LogP contribution in [-0.2, 0) is 27.7 Å². The van der Waals surface area contributed by atoms with E-state index in [2.05, 4.69) is 0 Å². The molecule has 2 heterocycles. The van der Waals surface area contributed by atoms with Gasteiger partial charge in [-0.05, 0) is 42.5 Å². The smallest absolute Gasteiger partial charge is 0.243 e. The van der Waals surface area contributed by atoms with Gasteiger partial charge in [0.25, 0.3) is 0 Å². The fourth-order valence-electron chi connectivity index (χ4n) is 3.30. The van der Waals surface area contributed by atoms with Gasteiger partial charge in [-0.15, -0.1) is 0 Å². The van der Waals surface area contributed by atoms with Crippen molar-refractivity contribution in [2.45, 2.75) is 37.1 Å². The summed E-state index contributed by atoms with van der Waals surface area (Å²) in [4.78, 5) is 13.7. The fourth-order valence-corrected chi connectivity index (χ4v) is 4.86. The van der Waals surface area contributed by atoms with Crippen LogP contribution < -0.4 is 5.73 Å². The molecule has 23 heavy (non-hydrogen) atoms. The van der Waals surface area contributed by atoms with E-state index in [9.17, 15) is 13.2 Å². The third-order valence-corrected chi connectivity index (χ3v) is 6.61. The molecule has 3 rings (SSSR count). The first-order valence-electron chi connectivity index (χ1n) is 8.01. The number of benzene rings is 1. The minimum Gasteiger partial charge on any atom is -0.342 e. The number of amides is 1. The Kier molecular flexibility index (Phi) is 4.44. The molecule has 1 amide bonds. The first-order chi connectivity index (χ1) is 10.9. The molecule has 2 N–H and O–H groups in total. The van der Waals surface area contributed by atoms with E-state index >= 15 is 0 Å². The van der Waals surface area contributed by atoms with Crippen LogP contribution in [0.5, 0.6) is 0 Å². The van der Waals surface area contributed by atoms with Crippen LogP contribution in [0.3, 0.4) is 0 Å². The molecule has 0 aliphatic carbocycles. The molecule has 0 aromatic heterocycles. The number of nitrogens with zero attached hydrogens (tertiary/aromatic N) is 2. The van der Waals surface area contributed by atoms with Crippen molar-refractivity contribution in [3.63, 3.8) is 0 Å². The van der Waals surface area contributed by atoms with Crippen LogP contribution in [0.4, 0.5) is 0 Å². The Bertz CT molecular complexity index is 717. The van der Waals surface area contributed by atoms with E-state index in [1.54, 1.807) is 19.1 Å². The molecule has 2 aliphatic heterocycles. The third-order valence-electron chi connectivity index (χ3n) is 4.75. The standard InChI is InChI=1S/C16H23N3O3S/c1-12(20)18-7-4-13-2-3-16(10-14(13)5-8-18)23(21,22)19-9-6-15(17)11-19/h2-3,10,15H,4-9,11,17H2,1H3. The summed E-state index contributed by atoms with van der Waals surface area (Å²) in [6.45, 7) is 3.77. The summed E-state index contributed by atoms with van der Waals surface area (Å²) in [6.07, 6.45) is 2.17. The van der Waals surface area contributed by atoms with Crippen LogP contribution in [0, 0.1) is 0 Å². The summed E-state index contributed by atoms with van der Waals surface area (Å²) < 4.78 is 26.9. The maximum Gasteiger partial charge on any atom is 0.243 e. The van der Waals surface area contributed by atoms with Crippen molar-refractivity contribution in [1.82, 2.24) is 9.21 Å². The Morgan fingerprint density at radius 1 is 1.17 bits per heavy atom. The zero-order valence-corrected chi connectivity index (χ0v) is 14.2. The monoisotopic (exact) mass is 337 g/mol. The van der Waals surface area contributed by atoms with Crippen molar-refractivity contribution < 1.29 is 13.2 Å². The summed E-state index contributed by atoms with van der Waals surface area (Å²) in [6, 6.07) is 5.27. The van der Waals surface area contributed by atoms with Crippen molar-refractivity contribution in [2.75, 3.05) is 26.2 Å². The Morgan fingerprint density at radius 3 is 2.48 bits per heavy atom. The van der Waals surface area contributed by atoms with Gasteiger partial charge in [0.05, 0.1) is 4.90 Å². The van der Waals surface area contributed by atoms with Gasteiger partial charge in [-0.1, -0.05) is 6.07 Å². The highest BCUT2D eigenvalue weighted by atomic mass is 32.2. The van der Waals surface area contributed by atoms with Crippen molar-refractivity contribution in [3.05, 3.63) is 29.3 Å². The van der Waals surface area contributed by atoms with Gasteiger partial charge in [0.15, 0.2) is 0 Å². The van der Waals surface area contributed by atoms with E-state index in [1.807, 2.05) is 11.0 Å². The molecule has 2 aliphatic rings. The van der Waals surface area contributed by atoms with Gasteiger partial charge in [0.2, 0.25) is 15.9 Å². The topological polar surface area (TPSA) is 83.7 Å². The van der Waals surface area contributed by atoms with E-state index in [0.29, 0.717) is 43.9 Å². The number of nitrogens with two attached hydrogens (primary N) is 1. The fraction of sp³-hybridized carbons (Fsp3) is 0.562. The second-order valence-corrected chi connectivity index (χ2v) is 8.29. The minimum absolute atomic E-state index is 0.0664. The van der Waals surface area contributed by atoms with Crippen LogP contribution in [0.1, 0.15) is 24.5 Å². The normalized spacial score (nSPS) is 22.7. The number of sulfonamides is 1. The zero-order chi connectivity index (χ0) is 16.6. The van der Waals surface area contributed by atoms with Gasteiger partial charge < -0.3 is 10.6 Å². The average molecular weight is 337 g/mol. The number of fused-ring (bicyclic) bond motifs is 1. The summed E-state index contributed by atoms with van der Waals surface area (Å²) >= 11 is 0. The van der Waals surface area contributed by atoms with Crippen LogP contribution in [0.25, 0.3) is 0 Å². The number of rotatable bonds is 2. The quantitative estimate of drug-likeness (QED) is 0.844. The molecule has 0 bridgehead atoms. The first-order valence-corrected chi connectivity index (χ1v) is 9.45. The van der Waals surface area contributed by atoms with E-state index in [0.717, 1.165) is 17.5 Å². The predicted octanol–water partition coefficient (Wildman–Crippen LogP) is 0.355. The van der Waals surface area contributed by atoms with E-state index in [1.165, 1.54) is 4.31 Å². The largest absolute Gasteiger partial charge is 0.342 e. The molecule has 0 radical (unpaired) electrons. The van der Waals surface area contributed by atoms with Gasteiger partial charge >= 0.3 is 0 Å². The Labute approximate surface area is 137 Å². The lowest BCUT2D eigenvalue weighted by Crippen LogP contribution is -2.32. The molecule has 1 saturated heterocycles. The molecule has 1 aromatic carbocycles. The zero-order valence-electron chi connectivity index (χ0n) is 13.4. The Hall–Kier alpha value is -1.44. The van der Waals surface area contributed by atoms with Gasteiger partial charge in [-0.2, -0.15) is 4.31 Å². The first kappa shape index (κ1) is 16.4. The molecule has 1 unspecified atom stereocenters. The van der Waals surface area contributed by atoms with Crippen molar-refractivity contribution in [1.29, 1.82) is 0 Å². The lowest BCUT2D eigenvalue weighted by Gasteiger charge is -2.17. The van der Waals surface area contributed by atoms with E-state index in [-0.39, 0.29) is 11.9 Å². The van der Waals surface area contributed by atoms with Gasteiger partial charge in [-0.25, -0.2) is 8.42 Å². The SMILES string of the molecule is CC(=O)N1CCc2ccc(S(=O)(=O)N3CCC(N)C3)cc2CC1. The highest BCUT2D eigenvalue weighted by Crippen LogP contribution is 2.25. The number of hydrogen-bond acceptors (Lipinski definition) is 4. The molecule has 0 spiro atoms. The van der Waals surface area contributed by atoms with Crippen LogP contribution in [-0.4, -0.2) is 55.8 Å². The van der Waals surface area contributed by atoms with E-state index < -0.39 is 10.0 Å². The maximum atomic E-state index is 12.7. The summed E-state index contributed by atoms with van der Waals surface area (Å²) in [7, 11) is -3.47. The molecule has 1 atom stereocenters. The van der Waals surface area contributed by atoms with Crippen LogP contribution in [0.2, 0.25) is 0 Å². The summed E-state index contributed by atoms with van der Waals surface area (Å²) in [5.74, 6) is 0.0664. The highest BCUT2D eigenvalue weighted by Gasteiger charge is 2.31. The number of carbonyl (C=O) groups is 1. The Balaban J connectivity index is 1.86. The number of hydrogen-bond donors (Lipinski definition) is 1. The molecule has 126 valence electrons. The van der Waals surface area contributed by atoms with Crippen molar-refractivity contribution in [2.24, 2.45) is 5.73 Å². The van der Waals surface area contributed by atoms with Crippen LogP contribution in [0.15, 0.2) is 23.1 Å². The van der Waals surface area contributed by atoms with Gasteiger partial charge in [-0.3, -0.25) is 4.79 Å². The van der Waals surface area contributed by atoms with Gasteiger partial charge in [0.1, 0.15) is 0 Å². The molecule has 6 nitrogen and oxygen atoms in total. The summed E-state index contributed by atoms with van der Waals surface area (Å²) in [5, 5.41) is 0. The predicted molar refractivity (Wildman–Crippen MR) is 87.5 cm³/mol. The number of carbonyl (C=O) groups excluding carboxylic acids is 1. The van der Waals surface area contributed by atoms with Crippen LogP contribution >= 0.6 is 0 Å². The molecule has 0 saturated carbocycles.